The van der Waals surface area contributed by atoms with Gasteiger partial charge in [0.05, 0.1) is 20.1 Å². The summed E-state index contributed by atoms with van der Waals surface area (Å²) in [5.74, 6) is -1.26. The molecule has 2 aromatic carbocycles. The van der Waals surface area contributed by atoms with E-state index in [1.54, 1.807) is 31.4 Å². The molecule has 0 fully saturated rings. The highest BCUT2D eigenvalue weighted by Gasteiger charge is 2.15. The summed E-state index contributed by atoms with van der Waals surface area (Å²) in [6, 6.07) is 12.2. The van der Waals surface area contributed by atoms with Crippen molar-refractivity contribution in [1.29, 1.82) is 0 Å². The van der Waals surface area contributed by atoms with Gasteiger partial charge in [0.2, 0.25) is 5.91 Å². The van der Waals surface area contributed by atoms with Gasteiger partial charge in [0.1, 0.15) is 11.6 Å². The third kappa shape index (κ3) is 6.71. The first-order valence-corrected chi connectivity index (χ1v) is 8.45. The van der Waals surface area contributed by atoms with Crippen LogP contribution >= 0.6 is 0 Å². The van der Waals surface area contributed by atoms with E-state index in [2.05, 4.69) is 5.32 Å². The van der Waals surface area contributed by atoms with Crippen LogP contribution in [0.4, 0.5) is 10.1 Å². The van der Waals surface area contributed by atoms with Gasteiger partial charge in [0.25, 0.3) is 5.91 Å². The van der Waals surface area contributed by atoms with Crippen LogP contribution in [0.1, 0.15) is 5.56 Å². The van der Waals surface area contributed by atoms with Gasteiger partial charge in [-0.15, -0.1) is 0 Å². The number of methoxy groups -OCH3 is 1. The standard InChI is InChI=1S/C20H21FN2O5/c1-23(12-18(24)22-16-7-5-15(21)6-8-16)19(25)13-28-20(26)11-14-3-9-17(27-2)10-4-14/h3-10H,11-13H2,1-2H3,(H,22,24). The molecule has 0 aromatic heterocycles. The van der Waals surface area contributed by atoms with Gasteiger partial charge in [-0.05, 0) is 42.0 Å². The molecule has 7 nitrogen and oxygen atoms in total. The third-order valence-electron chi connectivity index (χ3n) is 3.80. The molecule has 0 saturated heterocycles. The Labute approximate surface area is 162 Å². The van der Waals surface area contributed by atoms with Crippen molar-refractivity contribution in [1.82, 2.24) is 4.90 Å². The highest BCUT2D eigenvalue weighted by atomic mass is 19.1. The first-order valence-electron chi connectivity index (χ1n) is 8.45. The van der Waals surface area contributed by atoms with Crippen molar-refractivity contribution in [3.05, 3.63) is 59.9 Å². The first-order chi connectivity index (χ1) is 13.4. The number of ether oxygens (including phenoxy) is 2. The zero-order valence-corrected chi connectivity index (χ0v) is 15.6. The number of nitrogens with zero attached hydrogens (tertiary/aromatic N) is 1. The number of carbonyl (C=O) groups is 3. The van der Waals surface area contributed by atoms with Crippen molar-refractivity contribution in [3.63, 3.8) is 0 Å². The Morgan fingerprint density at radius 2 is 1.68 bits per heavy atom. The van der Waals surface area contributed by atoms with Crippen LogP contribution < -0.4 is 10.1 Å². The normalized spacial score (nSPS) is 10.1. The Morgan fingerprint density at radius 1 is 1.04 bits per heavy atom. The maximum absolute atomic E-state index is 12.8. The van der Waals surface area contributed by atoms with Gasteiger partial charge < -0.3 is 19.7 Å². The topological polar surface area (TPSA) is 84.9 Å². The summed E-state index contributed by atoms with van der Waals surface area (Å²) in [7, 11) is 2.97. The zero-order chi connectivity index (χ0) is 20.5. The number of nitrogens with one attached hydrogen (secondary N) is 1. The predicted molar refractivity (Wildman–Crippen MR) is 100 cm³/mol. The molecule has 0 spiro atoms. The second-order valence-corrected chi connectivity index (χ2v) is 5.99. The van der Waals surface area contributed by atoms with Crippen LogP contribution in [0, 0.1) is 5.82 Å². The molecule has 1 N–H and O–H groups in total. The highest BCUT2D eigenvalue weighted by Crippen LogP contribution is 2.12. The highest BCUT2D eigenvalue weighted by molar-refractivity contribution is 5.94. The molecular formula is C20H21FN2O5. The molecule has 0 aliphatic rings. The van der Waals surface area contributed by atoms with E-state index in [1.165, 1.54) is 31.3 Å². The molecule has 0 aliphatic heterocycles. The Balaban J connectivity index is 1.74. The molecule has 0 atom stereocenters. The van der Waals surface area contributed by atoms with Crippen LogP contribution in [-0.4, -0.2) is 50.0 Å². The van der Waals surface area contributed by atoms with Crippen molar-refractivity contribution in [2.75, 3.05) is 32.6 Å². The molecule has 2 rings (SSSR count). The monoisotopic (exact) mass is 388 g/mol. The second-order valence-electron chi connectivity index (χ2n) is 5.99. The minimum absolute atomic E-state index is 0.0199. The molecule has 28 heavy (non-hydrogen) atoms. The maximum atomic E-state index is 12.8. The van der Waals surface area contributed by atoms with Gasteiger partial charge in [-0.2, -0.15) is 0 Å². The number of hydrogen-bond acceptors (Lipinski definition) is 5. The largest absolute Gasteiger partial charge is 0.497 e. The lowest BCUT2D eigenvalue weighted by Crippen LogP contribution is -2.37. The van der Waals surface area contributed by atoms with Crippen molar-refractivity contribution >= 4 is 23.5 Å². The quantitative estimate of drug-likeness (QED) is 0.700. The molecule has 0 bridgehead atoms. The number of benzene rings is 2. The maximum Gasteiger partial charge on any atom is 0.310 e. The number of likely N-dealkylation sites (N-methyl/N-ethyl adjacent to an activating group) is 1. The molecule has 148 valence electrons. The number of hydrogen-bond donors (Lipinski definition) is 1. The smallest absolute Gasteiger partial charge is 0.310 e. The Bertz CT molecular complexity index is 821. The minimum atomic E-state index is -0.553. The average molecular weight is 388 g/mol. The summed E-state index contributed by atoms with van der Waals surface area (Å²) in [6.45, 7) is -0.693. The molecule has 0 unspecified atom stereocenters. The molecule has 0 aliphatic carbocycles. The summed E-state index contributed by atoms with van der Waals surface area (Å²) in [5.41, 5.74) is 1.14. The van der Waals surface area contributed by atoms with E-state index < -0.39 is 30.2 Å². The fourth-order valence-electron chi connectivity index (χ4n) is 2.25. The summed E-state index contributed by atoms with van der Waals surface area (Å²) >= 11 is 0. The lowest BCUT2D eigenvalue weighted by molar-refractivity contribution is -0.151. The SMILES string of the molecule is COc1ccc(CC(=O)OCC(=O)N(C)CC(=O)Nc2ccc(F)cc2)cc1. The lowest BCUT2D eigenvalue weighted by Gasteiger charge is -2.16. The number of carbonyl (C=O) groups excluding carboxylic acids is 3. The van der Waals surface area contributed by atoms with Gasteiger partial charge in [-0.25, -0.2) is 4.39 Å². The average Bonchev–Trinajstić information content (AvgIpc) is 2.68. The molecule has 0 saturated carbocycles. The van der Waals surface area contributed by atoms with E-state index in [0.29, 0.717) is 11.4 Å². The van der Waals surface area contributed by atoms with Gasteiger partial charge in [0, 0.05) is 12.7 Å². The van der Waals surface area contributed by atoms with E-state index in [4.69, 9.17) is 9.47 Å². The Kier molecular flexibility index (Phi) is 7.50. The first kappa shape index (κ1) is 20.9. The van der Waals surface area contributed by atoms with Crippen molar-refractivity contribution in [3.8, 4) is 5.75 Å². The summed E-state index contributed by atoms with van der Waals surface area (Å²) < 4.78 is 22.9. The van der Waals surface area contributed by atoms with Crippen LogP contribution in [0.2, 0.25) is 0 Å². The fourth-order valence-corrected chi connectivity index (χ4v) is 2.25. The number of anilines is 1. The van der Waals surface area contributed by atoms with Crippen LogP contribution in [0.5, 0.6) is 5.75 Å². The number of halogens is 1. The molecule has 0 heterocycles. The minimum Gasteiger partial charge on any atom is -0.497 e. The van der Waals surface area contributed by atoms with Gasteiger partial charge in [0.15, 0.2) is 6.61 Å². The van der Waals surface area contributed by atoms with Crippen LogP contribution in [-0.2, 0) is 25.5 Å². The molecule has 2 aromatic rings. The Hall–Kier alpha value is -3.42. The summed E-state index contributed by atoms with van der Waals surface area (Å²) in [4.78, 5) is 36.9. The van der Waals surface area contributed by atoms with Gasteiger partial charge >= 0.3 is 5.97 Å². The molecule has 0 radical (unpaired) electrons. The second kappa shape index (κ2) is 10.1. The number of esters is 1. The zero-order valence-electron chi connectivity index (χ0n) is 15.6. The number of amides is 2. The van der Waals surface area contributed by atoms with E-state index in [0.717, 1.165) is 10.5 Å². The predicted octanol–water partition coefficient (Wildman–Crippen LogP) is 2.02. The van der Waals surface area contributed by atoms with Crippen LogP contribution in [0.15, 0.2) is 48.5 Å². The molecule has 2 amide bonds. The van der Waals surface area contributed by atoms with E-state index in [9.17, 15) is 18.8 Å². The Morgan fingerprint density at radius 3 is 2.29 bits per heavy atom. The fraction of sp³-hybridized carbons (Fsp3) is 0.250. The lowest BCUT2D eigenvalue weighted by atomic mass is 10.1. The number of rotatable bonds is 8. The summed E-state index contributed by atoms with van der Waals surface area (Å²) in [6.07, 6.45) is 0.0199. The van der Waals surface area contributed by atoms with E-state index in [1.807, 2.05) is 0 Å². The van der Waals surface area contributed by atoms with Crippen LogP contribution in [0.25, 0.3) is 0 Å². The van der Waals surface area contributed by atoms with E-state index >= 15 is 0 Å². The molecule has 8 heteroatoms. The molecular weight excluding hydrogens is 367 g/mol. The van der Waals surface area contributed by atoms with E-state index in [-0.39, 0.29) is 13.0 Å². The van der Waals surface area contributed by atoms with Crippen LogP contribution in [0.3, 0.4) is 0 Å². The third-order valence-corrected chi connectivity index (χ3v) is 3.80. The van der Waals surface area contributed by atoms with Crippen molar-refractivity contribution in [2.24, 2.45) is 0 Å². The van der Waals surface area contributed by atoms with Gasteiger partial charge in [-0.1, -0.05) is 12.1 Å². The van der Waals surface area contributed by atoms with Gasteiger partial charge in [-0.3, -0.25) is 14.4 Å². The summed E-state index contributed by atoms with van der Waals surface area (Å²) in [5, 5.41) is 2.54. The van der Waals surface area contributed by atoms with Crippen molar-refractivity contribution < 1.29 is 28.2 Å². The van der Waals surface area contributed by atoms with Crippen molar-refractivity contribution in [2.45, 2.75) is 6.42 Å².